The number of carbonyl (C=O) groups excluding carboxylic acids is 1. The van der Waals surface area contributed by atoms with Crippen LogP contribution < -0.4 is 5.32 Å². The Morgan fingerprint density at radius 2 is 2.00 bits per heavy atom. The highest BCUT2D eigenvalue weighted by atomic mass is 19.2. The van der Waals surface area contributed by atoms with Gasteiger partial charge in [0, 0.05) is 12.1 Å². The molecule has 6 heteroatoms. The third-order valence-electron chi connectivity index (χ3n) is 3.28. The summed E-state index contributed by atoms with van der Waals surface area (Å²) in [5.74, 6) is -2.46. The maximum atomic E-state index is 13.1. The van der Waals surface area contributed by atoms with Crippen LogP contribution in [0.1, 0.15) is 15.9 Å². The minimum Gasteiger partial charge on any atom is -0.443 e. The van der Waals surface area contributed by atoms with E-state index < -0.39 is 17.5 Å². The van der Waals surface area contributed by atoms with Crippen molar-refractivity contribution in [2.24, 2.45) is 0 Å². The molecular weight excluding hydrogens is 290 g/mol. The third-order valence-corrected chi connectivity index (χ3v) is 3.28. The Labute approximate surface area is 124 Å². The van der Waals surface area contributed by atoms with Gasteiger partial charge in [-0.1, -0.05) is 6.07 Å². The Bertz CT molecular complexity index is 830. The molecule has 3 rings (SSSR count). The van der Waals surface area contributed by atoms with Gasteiger partial charge in [0.2, 0.25) is 0 Å². The third kappa shape index (κ3) is 2.95. The molecule has 1 heterocycles. The number of hydrogen-bond donors (Lipinski definition) is 1. The zero-order chi connectivity index (χ0) is 15.5. The molecule has 0 saturated carbocycles. The largest absolute Gasteiger partial charge is 0.443 e. The Kier molecular flexibility index (Phi) is 3.82. The Balaban J connectivity index is 1.59. The van der Waals surface area contributed by atoms with Crippen LogP contribution in [0.2, 0.25) is 0 Å². The Hall–Kier alpha value is -2.76. The lowest BCUT2D eigenvalue weighted by atomic mass is 10.1. The molecule has 0 spiro atoms. The number of oxazole rings is 1. The SMILES string of the molecule is O=C(NCCc1ccc2ncoc2c1)c1ccc(F)c(F)c1. The van der Waals surface area contributed by atoms with Gasteiger partial charge in [-0.15, -0.1) is 0 Å². The highest BCUT2D eigenvalue weighted by Crippen LogP contribution is 2.14. The van der Waals surface area contributed by atoms with Crippen molar-refractivity contribution in [1.82, 2.24) is 10.3 Å². The van der Waals surface area contributed by atoms with Crippen LogP contribution in [0.25, 0.3) is 11.1 Å². The van der Waals surface area contributed by atoms with Crippen molar-refractivity contribution in [2.45, 2.75) is 6.42 Å². The molecule has 1 amide bonds. The topological polar surface area (TPSA) is 55.1 Å². The van der Waals surface area contributed by atoms with Crippen molar-refractivity contribution >= 4 is 17.0 Å². The van der Waals surface area contributed by atoms with E-state index in [9.17, 15) is 13.6 Å². The predicted molar refractivity (Wildman–Crippen MR) is 76.4 cm³/mol. The molecule has 0 fully saturated rings. The molecule has 0 unspecified atom stereocenters. The first-order valence-electron chi connectivity index (χ1n) is 6.69. The molecule has 22 heavy (non-hydrogen) atoms. The van der Waals surface area contributed by atoms with Crippen LogP contribution in [0.4, 0.5) is 8.78 Å². The quantitative estimate of drug-likeness (QED) is 0.806. The molecule has 0 bridgehead atoms. The zero-order valence-corrected chi connectivity index (χ0v) is 11.5. The Morgan fingerprint density at radius 3 is 2.82 bits per heavy atom. The Morgan fingerprint density at radius 1 is 1.14 bits per heavy atom. The second kappa shape index (κ2) is 5.93. The second-order valence-corrected chi connectivity index (χ2v) is 4.79. The summed E-state index contributed by atoms with van der Waals surface area (Å²) in [4.78, 5) is 15.9. The minimum atomic E-state index is -1.04. The van der Waals surface area contributed by atoms with Gasteiger partial charge in [0.05, 0.1) is 0 Å². The molecule has 0 aliphatic carbocycles. The van der Waals surface area contributed by atoms with Gasteiger partial charge in [0.25, 0.3) is 5.91 Å². The lowest BCUT2D eigenvalue weighted by Crippen LogP contribution is -2.25. The number of aromatic nitrogens is 1. The fraction of sp³-hybridized carbons (Fsp3) is 0.125. The van der Waals surface area contributed by atoms with Gasteiger partial charge < -0.3 is 9.73 Å². The van der Waals surface area contributed by atoms with E-state index in [1.165, 1.54) is 12.5 Å². The number of hydrogen-bond acceptors (Lipinski definition) is 3. The lowest BCUT2D eigenvalue weighted by Gasteiger charge is -2.06. The van der Waals surface area contributed by atoms with Crippen LogP contribution in [0.15, 0.2) is 47.2 Å². The molecule has 1 aromatic heterocycles. The van der Waals surface area contributed by atoms with E-state index in [2.05, 4.69) is 10.3 Å². The van der Waals surface area contributed by atoms with Crippen molar-refractivity contribution < 1.29 is 18.0 Å². The summed E-state index contributed by atoms with van der Waals surface area (Å²) in [6.45, 7) is 0.372. The molecule has 2 aromatic carbocycles. The van der Waals surface area contributed by atoms with Crippen LogP contribution in [-0.2, 0) is 6.42 Å². The van der Waals surface area contributed by atoms with Gasteiger partial charge in [0.1, 0.15) is 5.52 Å². The van der Waals surface area contributed by atoms with Gasteiger partial charge in [-0.25, -0.2) is 13.8 Å². The molecule has 0 saturated heterocycles. The van der Waals surface area contributed by atoms with Crippen molar-refractivity contribution in [3.05, 3.63) is 65.6 Å². The molecule has 0 aliphatic heterocycles. The number of rotatable bonds is 4. The van der Waals surface area contributed by atoms with Gasteiger partial charge in [-0.05, 0) is 42.3 Å². The lowest BCUT2D eigenvalue weighted by molar-refractivity contribution is 0.0953. The molecule has 0 aliphatic rings. The first-order chi connectivity index (χ1) is 10.6. The predicted octanol–water partition coefficient (Wildman–Crippen LogP) is 3.08. The normalized spacial score (nSPS) is 10.8. The standard InChI is InChI=1S/C16H12F2N2O2/c17-12-3-2-11(8-13(12)18)16(21)19-6-5-10-1-4-14-15(7-10)22-9-20-14/h1-4,7-9H,5-6H2,(H,19,21). The summed E-state index contributed by atoms with van der Waals surface area (Å²) in [5.41, 5.74) is 2.53. The van der Waals surface area contributed by atoms with Crippen LogP contribution in [-0.4, -0.2) is 17.4 Å². The molecule has 3 aromatic rings. The summed E-state index contributed by atoms with van der Waals surface area (Å²) in [6, 6.07) is 8.65. The van der Waals surface area contributed by atoms with E-state index in [-0.39, 0.29) is 5.56 Å². The van der Waals surface area contributed by atoms with E-state index in [0.717, 1.165) is 23.2 Å². The van der Waals surface area contributed by atoms with Crippen LogP contribution in [0.5, 0.6) is 0 Å². The van der Waals surface area contributed by atoms with E-state index >= 15 is 0 Å². The van der Waals surface area contributed by atoms with E-state index in [1.807, 2.05) is 18.2 Å². The summed E-state index contributed by atoms with van der Waals surface area (Å²) in [7, 11) is 0. The number of carbonyl (C=O) groups is 1. The van der Waals surface area contributed by atoms with Gasteiger partial charge in [-0.3, -0.25) is 4.79 Å². The maximum Gasteiger partial charge on any atom is 0.251 e. The molecule has 0 atom stereocenters. The fourth-order valence-electron chi connectivity index (χ4n) is 2.11. The summed E-state index contributed by atoms with van der Waals surface area (Å²) in [6.07, 6.45) is 1.96. The maximum absolute atomic E-state index is 13.1. The number of halogens is 2. The summed E-state index contributed by atoms with van der Waals surface area (Å²) in [5, 5.41) is 2.66. The van der Waals surface area contributed by atoms with E-state index in [4.69, 9.17) is 4.42 Å². The summed E-state index contributed by atoms with van der Waals surface area (Å²) < 4.78 is 31.1. The molecular formula is C16H12F2N2O2. The highest BCUT2D eigenvalue weighted by Gasteiger charge is 2.09. The van der Waals surface area contributed by atoms with Gasteiger partial charge in [0.15, 0.2) is 23.6 Å². The van der Waals surface area contributed by atoms with Crippen molar-refractivity contribution in [2.75, 3.05) is 6.54 Å². The van der Waals surface area contributed by atoms with Gasteiger partial charge >= 0.3 is 0 Å². The van der Waals surface area contributed by atoms with Crippen LogP contribution in [0, 0.1) is 11.6 Å². The fourth-order valence-corrected chi connectivity index (χ4v) is 2.11. The van der Waals surface area contributed by atoms with Crippen molar-refractivity contribution in [3.63, 3.8) is 0 Å². The first-order valence-corrected chi connectivity index (χ1v) is 6.69. The molecule has 0 radical (unpaired) electrons. The molecule has 112 valence electrons. The number of fused-ring (bicyclic) bond motifs is 1. The van der Waals surface area contributed by atoms with Crippen molar-refractivity contribution in [1.29, 1.82) is 0 Å². The molecule has 1 N–H and O–H groups in total. The first kappa shape index (κ1) is 14.2. The summed E-state index contributed by atoms with van der Waals surface area (Å²) >= 11 is 0. The molecule has 4 nitrogen and oxygen atoms in total. The average Bonchev–Trinajstić information content (AvgIpc) is 2.97. The smallest absolute Gasteiger partial charge is 0.251 e. The number of amides is 1. The average molecular weight is 302 g/mol. The highest BCUT2D eigenvalue weighted by molar-refractivity contribution is 5.94. The van der Waals surface area contributed by atoms with E-state index in [0.29, 0.717) is 18.5 Å². The van der Waals surface area contributed by atoms with Gasteiger partial charge in [-0.2, -0.15) is 0 Å². The monoisotopic (exact) mass is 302 g/mol. The second-order valence-electron chi connectivity index (χ2n) is 4.79. The number of benzene rings is 2. The number of nitrogens with zero attached hydrogens (tertiary/aromatic N) is 1. The van der Waals surface area contributed by atoms with E-state index in [1.54, 1.807) is 0 Å². The number of nitrogens with one attached hydrogen (secondary N) is 1. The van der Waals surface area contributed by atoms with Crippen LogP contribution >= 0.6 is 0 Å². The van der Waals surface area contributed by atoms with Crippen LogP contribution in [0.3, 0.4) is 0 Å². The van der Waals surface area contributed by atoms with Crippen molar-refractivity contribution in [3.8, 4) is 0 Å². The minimum absolute atomic E-state index is 0.0876. The zero-order valence-electron chi connectivity index (χ0n) is 11.5.